The van der Waals surface area contributed by atoms with Gasteiger partial charge in [0.05, 0.1) is 22.1 Å². The minimum absolute atomic E-state index is 0.0946. The van der Waals surface area contributed by atoms with Gasteiger partial charge in [-0.3, -0.25) is 4.57 Å². The number of fused-ring (bicyclic) bond motifs is 12. The maximum atomic E-state index is 6.35. The zero-order valence-corrected chi connectivity index (χ0v) is 32.9. The van der Waals surface area contributed by atoms with Crippen molar-refractivity contribution in [2.24, 2.45) is 0 Å². The molecule has 8 aromatic carbocycles. The molecule has 4 aromatic heterocycles. The van der Waals surface area contributed by atoms with Gasteiger partial charge in [-0.2, -0.15) is 9.97 Å². The Hall–Kier alpha value is -7.83. The first-order valence-corrected chi connectivity index (χ1v) is 20.4. The molecule has 0 radical (unpaired) electrons. The Balaban J connectivity index is 1.04. The molecular weight excluding hydrogens is 735 g/mol. The van der Waals surface area contributed by atoms with E-state index in [-0.39, 0.29) is 5.41 Å². The average Bonchev–Trinajstić information content (AvgIpc) is 4.00. The summed E-state index contributed by atoms with van der Waals surface area (Å²) >= 11 is 0. The first-order chi connectivity index (χ1) is 29.5. The van der Waals surface area contributed by atoms with Crippen LogP contribution in [0.2, 0.25) is 0 Å². The van der Waals surface area contributed by atoms with E-state index in [1.165, 1.54) is 38.5 Å². The van der Waals surface area contributed by atoms with E-state index in [9.17, 15) is 0 Å². The van der Waals surface area contributed by atoms with Gasteiger partial charge < -0.3 is 8.98 Å². The number of nitrogens with zero attached hydrogens (tertiary/aromatic N) is 5. The number of hydrogen-bond donors (Lipinski definition) is 0. The summed E-state index contributed by atoms with van der Waals surface area (Å²) in [6, 6.07) is 62.3. The zero-order valence-electron chi connectivity index (χ0n) is 32.9. The fourth-order valence-electron chi connectivity index (χ4n) is 9.95. The molecule has 1 aliphatic carbocycles. The Labute approximate surface area is 344 Å². The highest BCUT2D eigenvalue weighted by molar-refractivity contribution is 6.12. The maximum Gasteiger partial charge on any atom is 0.238 e. The van der Waals surface area contributed by atoms with Gasteiger partial charge in [0.2, 0.25) is 5.95 Å². The maximum absolute atomic E-state index is 6.35. The second-order valence-electron chi connectivity index (χ2n) is 16.4. The van der Waals surface area contributed by atoms with Crippen LogP contribution in [0, 0.1) is 0 Å². The average molecular weight is 770 g/mol. The van der Waals surface area contributed by atoms with Crippen LogP contribution in [-0.2, 0) is 5.41 Å². The molecule has 0 N–H and O–H groups in total. The van der Waals surface area contributed by atoms with Crippen LogP contribution in [0.5, 0.6) is 0 Å². The van der Waals surface area contributed by atoms with Crippen LogP contribution in [0.4, 0.5) is 0 Å². The number of para-hydroxylation sites is 4. The number of aromatic nitrogens is 5. The van der Waals surface area contributed by atoms with E-state index in [1.807, 2.05) is 18.2 Å². The summed E-state index contributed by atoms with van der Waals surface area (Å²) in [6.45, 7) is 4.69. The standard InChI is InChI=1S/C54H35N5O/c1-54(2)43-21-8-3-16-35(43)41-31-48-42(30-44(41)54)38-19-6-9-22-45(38)58(48)34-15-13-14-32(28-34)51-55-52(33-26-27-40-39-20-7-12-25-49(39)60-50(40)29-33)57-53(56-51)59-46-23-10-4-17-36(46)37-18-5-11-24-47(37)59/h3-31H,1-2H3. The quantitative estimate of drug-likeness (QED) is 0.179. The van der Waals surface area contributed by atoms with Crippen LogP contribution in [0.3, 0.4) is 0 Å². The van der Waals surface area contributed by atoms with Gasteiger partial charge in [-0.1, -0.05) is 129 Å². The summed E-state index contributed by atoms with van der Waals surface area (Å²) in [5, 5.41) is 6.90. The van der Waals surface area contributed by atoms with E-state index in [1.54, 1.807) is 0 Å². The molecule has 0 amide bonds. The number of benzene rings is 8. The van der Waals surface area contributed by atoms with Crippen LogP contribution in [0.1, 0.15) is 25.0 Å². The molecule has 0 saturated carbocycles. The molecule has 6 nitrogen and oxygen atoms in total. The first-order valence-electron chi connectivity index (χ1n) is 20.4. The van der Waals surface area contributed by atoms with Crippen molar-refractivity contribution in [1.82, 2.24) is 24.1 Å². The monoisotopic (exact) mass is 769 g/mol. The lowest BCUT2D eigenvalue weighted by Crippen LogP contribution is -2.14. The summed E-state index contributed by atoms with van der Waals surface area (Å²) in [4.78, 5) is 15.8. The molecule has 0 aliphatic heterocycles. The summed E-state index contributed by atoms with van der Waals surface area (Å²) in [5.74, 6) is 1.70. The third-order valence-corrected chi connectivity index (χ3v) is 12.8. The van der Waals surface area contributed by atoms with Crippen molar-refractivity contribution in [2.75, 3.05) is 0 Å². The van der Waals surface area contributed by atoms with Gasteiger partial charge in [-0.25, -0.2) is 4.98 Å². The lowest BCUT2D eigenvalue weighted by Gasteiger charge is -2.21. The molecule has 1 aliphatic rings. The highest BCUT2D eigenvalue weighted by Gasteiger charge is 2.36. The third kappa shape index (κ3) is 4.61. The van der Waals surface area contributed by atoms with Crippen molar-refractivity contribution < 1.29 is 4.42 Å². The number of furan rings is 1. The molecular formula is C54H35N5O. The largest absolute Gasteiger partial charge is 0.456 e. The molecule has 0 bridgehead atoms. The molecule has 60 heavy (non-hydrogen) atoms. The highest BCUT2D eigenvalue weighted by Crippen LogP contribution is 2.51. The molecule has 0 spiro atoms. The van der Waals surface area contributed by atoms with Crippen LogP contribution < -0.4 is 0 Å². The molecule has 12 aromatic rings. The molecule has 0 fully saturated rings. The van der Waals surface area contributed by atoms with E-state index < -0.39 is 0 Å². The van der Waals surface area contributed by atoms with Crippen LogP contribution in [-0.4, -0.2) is 24.1 Å². The van der Waals surface area contributed by atoms with Crippen molar-refractivity contribution in [3.63, 3.8) is 0 Å². The Morgan fingerprint density at radius 1 is 0.400 bits per heavy atom. The van der Waals surface area contributed by atoms with Crippen LogP contribution in [0.25, 0.3) is 111 Å². The second kappa shape index (κ2) is 12.1. The summed E-state index contributed by atoms with van der Waals surface area (Å²) in [7, 11) is 0. The van der Waals surface area contributed by atoms with Gasteiger partial charge in [0.15, 0.2) is 11.6 Å². The molecule has 0 atom stereocenters. The lowest BCUT2D eigenvalue weighted by atomic mass is 9.82. The minimum atomic E-state index is -0.0946. The molecule has 6 heteroatoms. The van der Waals surface area contributed by atoms with Crippen molar-refractivity contribution >= 4 is 65.6 Å². The van der Waals surface area contributed by atoms with Gasteiger partial charge >= 0.3 is 0 Å². The minimum Gasteiger partial charge on any atom is -0.456 e. The summed E-state index contributed by atoms with van der Waals surface area (Å²) in [6.07, 6.45) is 0. The molecule has 0 unspecified atom stereocenters. The predicted octanol–water partition coefficient (Wildman–Crippen LogP) is 13.6. The smallest absolute Gasteiger partial charge is 0.238 e. The lowest BCUT2D eigenvalue weighted by molar-refractivity contribution is 0.661. The zero-order chi connectivity index (χ0) is 39.7. The summed E-state index contributed by atoms with van der Waals surface area (Å²) < 4.78 is 10.9. The Morgan fingerprint density at radius 3 is 1.75 bits per heavy atom. The van der Waals surface area contributed by atoms with Crippen molar-refractivity contribution in [3.05, 3.63) is 187 Å². The highest BCUT2D eigenvalue weighted by atomic mass is 16.3. The first kappa shape index (κ1) is 33.2. The number of hydrogen-bond acceptors (Lipinski definition) is 4. The van der Waals surface area contributed by atoms with Gasteiger partial charge in [0.1, 0.15) is 11.2 Å². The van der Waals surface area contributed by atoms with Gasteiger partial charge in [0.25, 0.3) is 0 Å². The predicted molar refractivity (Wildman–Crippen MR) is 244 cm³/mol. The Morgan fingerprint density at radius 2 is 1.00 bits per heavy atom. The van der Waals surface area contributed by atoms with Crippen molar-refractivity contribution in [2.45, 2.75) is 19.3 Å². The Bertz CT molecular complexity index is 3720. The van der Waals surface area contributed by atoms with Crippen LogP contribution >= 0.6 is 0 Å². The van der Waals surface area contributed by atoms with E-state index in [4.69, 9.17) is 19.4 Å². The van der Waals surface area contributed by atoms with Gasteiger partial charge in [-0.15, -0.1) is 0 Å². The topological polar surface area (TPSA) is 61.7 Å². The molecule has 4 heterocycles. The fraction of sp³-hybridized carbons (Fsp3) is 0.0556. The van der Waals surface area contributed by atoms with E-state index in [0.29, 0.717) is 17.6 Å². The molecule has 0 saturated heterocycles. The summed E-state index contributed by atoms with van der Waals surface area (Å²) in [5.41, 5.74) is 14.0. The number of rotatable bonds is 4. The van der Waals surface area contributed by atoms with Gasteiger partial charge in [0, 0.05) is 54.5 Å². The molecule has 282 valence electrons. The van der Waals surface area contributed by atoms with Gasteiger partial charge in [-0.05, 0) is 82.9 Å². The Kier molecular flexibility index (Phi) is 6.69. The fourth-order valence-corrected chi connectivity index (χ4v) is 9.95. The van der Waals surface area contributed by atoms with E-state index in [2.05, 4.69) is 181 Å². The van der Waals surface area contributed by atoms with Crippen LogP contribution in [0.15, 0.2) is 180 Å². The second-order valence-corrected chi connectivity index (χ2v) is 16.4. The molecule has 13 rings (SSSR count). The van der Waals surface area contributed by atoms with Crippen molar-refractivity contribution in [1.29, 1.82) is 0 Å². The third-order valence-electron chi connectivity index (χ3n) is 12.8. The van der Waals surface area contributed by atoms with E-state index in [0.717, 1.165) is 66.1 Å². The normalized spacial score (nSPS) is 13.3. The van der Waals surface area contributed by atoms with E-state index >= 15 is 0 Å². The SMILES string of the molecule is CC1(C)c2ccccc2-c2cc3c(cc21)c1ccccc1n3-c1cccc(-c2nc(-c3ccc4c(c3)oc3ccccc34)nc(-n3c4ccccc4c4ccccc43)n2)c1. The van der Waals surface area contributed by atoms with Crippen molar-refractivity contribution in [3.8, 4) is 45.5 Å².